The van der Waals surface area contributed by atoms with Crippen LogP contribution in [0.5, 0.6) is 0 Å². The van der Waals surface area contributed by atoms with Crippen molar-refractivity contribution < 1.29 is 4.52 Å². The monoisotopic (exact) mass is 372 g/mol. The number of pyridine rings is 1. The summed E-state index contributed by atoms with van der Waals surface area (Å²) in [5.41, 5.74) is 3.15. The summed E-state index contributed by atoms with van der Waals surface area (Å²) in [6.45, 7) is 3.96. The minimum atomic E-state index is -0.148. The number of hydrogen-bond donors (Lipinski definition) is 0. The third-order valence-corrected chi connectivity index (χ3v) is 4.67. The van der Waals surface area contributed by atoms with E-state index in [1.165, 1.54) is 0 Å². The van der Waals surface area contributed by atoms with Crippen molar-refractivity contribution in [3.8, 4) is 23.0 Å². The van der Waals surface area contributed by atoms with E-state index in [0.29, 0.717) is 17.0 Å². The summed E-state index contributed by atoms with van der Waals surface area (Å²) >= 11 is 0. The molecule has 138 valence electrons. The first-order valence-corrected chi connectivity index (χ1v) is 8.90. The fourth-order valence-electron chi connectivity index (χ4n) is 3.44. The maximum absolute atomic E-state index is 13.3. The van der Waals surface area contributed by atoms with Crippen LogP contribution in [0, 0.1) is 0 Å². The number of fused-ring (bicyclic) bond motifs is 3. The molecule has 1 aromatic carbocycles. The van der Waals surface area contributed by atoms with E-state index in [-0.39, 0.29) is 17.5 Å². The predicted octanol–water partition coefficient (Wildman–Crippen LogP) is 3.34. The van der Waals surface area contributed by atoms with Crippen molar-refractivity contribution >= 4 is 16.6 Å². The van der Waals surface area contributed by atoms with Crippen molar-refractivity contribution in [2.75, 3.05) is 0 Å². The Hall–Kier alpha value is -3.81. The molecular formula is C20H16N6O2. The second-order valence-corrected chi connectivity index (χ2v) is 6.73. The molecule has 0 amide bonds. The van der Waals surface area contributed by atoms with Crippen molar-refractivity contribution in [1.29, 1.82) is 0 Å². The standard InChI is InChI=1S/C20H16N6O2/c1-12(2)26-15-6-4-3-5-14(15)25-11-22-16(17(25)20(26)27)19-23-18(24-28-19)13-7-9-21-10-8-13/h3-12H,1-2H3. The minimum Gasteiger partial charge on any atom is -0.332 e. The summed E-state index contributed by atoms with van der Waals surface area (Å²) < 4.78 is 8.97. The summed E-state index contributed by atoms with van der Waals surface area (Å²) in [6, 6.07) is 11.3. The van der Waals surface area contributed by atoms with Gasteiger partial charge in [-0.15, -0.1) is 0 Å². The lowest BCUT2D eigenvalue weighted by Crippen LogP contribution is -2.24. The van der Waals surface area contributed by atoms with E-state index in [0.717, 1.165) is 16.6 Å². The summed E-state index contributed by atoms with van der Waals surface area (Å²) in [5, 5.41) is 4.03. The van der Waals surface area contributed by atoms with E-state index in [1.54, 1.807) is 39.8 Å². The Morgan fingerprint density at radius 3 is 2.54 bits per heavy atom. The molecular weight excluding hydrogens is 356 g/mol. The average molecular weight is 372 g/mol. The number of imidazole rings is 1. The van der Waals surface area contributed by atoms with Crippen molar-refractivity contribution in [1.82, 2.24) is 29.1 Å². The van der Waals surface area contributed by atoms with Crippen LogP contribution in [0.1, 0.15) is 19.9 Å². The van der Waals surface area contributed by atoms with Crippen LogP contribution in [-0.4, -0.2) is 29.1 Å². The molecule has 0 atom stereocenters. The Morgan fingerprint density at radius 1 is 1.04 bits per heavy atom. The molecule has 4 heterocycles. The zero-order valence-electron chi connectivity index (χ0n) is 15.3. The van der Waals surface area contributed by atoms with Gasteiger partial charge in [0.1, 0.15) is 11.8 Å². The molecule has 0 aliphatic heterocycles. The maximum atomic E-state index is 13.3. The first-order valence-electron chi connectivity index (χ1n) is 8.90. The molecule has 0 aliphatic carbocycles. The smallest absolute Gasteiger partial charge is 0.279 e. The van der Waals surface area contributed by atoms with E-state index >= 15 is 0 Å². The third-order valence-electron chi connectivity index (χ3n) is 4.67. The molecule has 0 unspecified atom stereocenters. The summed E-state index contributed by atoms with van der Waals surface area (Å²) in [4.78, 5) is 26.2. The molecule has 8 heteroatoms. The van der Waals surface area contributed by atoms with Gasteiger partial charge in [-0.05, 0) is 38.1 Å². The first-order chi connectivity index (χ1) is 13.6. The van der Waals surface area contributed by atoms with E-state index < -0.39 is 0 Å². The molecule has 4 aromatic heterocycles. The predicted molar refractivity (Wildman–Crippen MR) is 104 cm³/mol. The highest BCUT2D eigenvalue weighted by atomic mass is 16.5. The summed E-state index contributed by atoms with van der Waals surface area (Å²) in [5.74, 6) is 0.625. The van der Waals surface area contributed by atoms with Gasteiger partial charge in [-0.25, -0.2) is 4.98 Å². The molecule has 8 nitrogen and oxygen atoms in total. The van der Waals surface area contributed by atoms with Gasteiger partial charge in [0.05, 0.1) is 11.0 Å². The second kappa shape index (κ2) is 6.12. The molecule has 0 aliphatic rings. The number of para-hydroxylation sites is 2. The van der Waals surface area contributed by atoms with Crippen LogP contribution in [0.15, 0.2) is 64.4 Å². The maximum Gasteiger partial charge on any atom is 0.279 e. The highest BCUT2D eigenvalue weighted by molar-refractivity contribution is 5.83. The molecule has 0 saturated carbocycles. The SMILES string of the molecule is CC(C)n1c(=O)c2c(-c3nc(-c4ccncc4)no3)ncn2c2ccccc21. The Kier molecular flexibility index (Phi) is 3.58. The van der Waals surface area contributed by atoms with E-state index in [9.17, 15) is 4.79 Å². The van der Waals surface area contributed by atoms with Crippen LogP contribution in [0.4, 0.5) is 0 Å². The van der Waals surface area contributed by atoms with Crippen LogP contribution in [0.25, 0.3) is 39.5 Å². The summed E-state index contributed by atoms with van der Waals surface area (Å²) in [7, 11) is 0. The Balaban J connectivity index is 1.79. The van der Waals surface area contributed by atoms with Crippen LogP contribution in [0.2, 0.25) is 0 Å². The second-order valence-electron chi connectivity index (χ2n) is 6.73. The van der Waals surface area contributed by atoms with E-state index in [4.69, 9.17) is 4.52 Å². The number of nitrogens with zero attached hydrogens (tertiary/aromatic N) is 6. The van der Waals surface area contributed by atoms with Gasteiger partial charge in [-0.2, -0.15) is 4.98 Å². The lowest BCUT2D eigenvalue weighted by molar-refractivity contribution is 0.431. The lowest BCUT2D eigenvalue weighted by Gasteiger charge is -2.15. The number of aromatic nitrogens is 6. The fourth-order valence-corrected chi connectivity index (χ4v) is 3.44. The van der Waals surface area contributed by atoms with Gasteiger partial charge in [0.25, 0.3) is 11.4 Å². The molecule has 0 fully saturated rings. The van der Waals surface area contributed by atoms with Crippen LogP contribution in [-0.2, 0) is 0 Å². The normalized spacial score (nSPS) is 11.7. The molecule has 5 rings (SSSR count). The highest BCUT2D eigenvalue weighted by Crippen LogP contribution is 2.26. The van der Waals surface area contributed by atoms with Gasteiger partial charge in [0.2, 0.25) is 5.82 Å². The molecule has 0 radical (unpaired) electrons. The van der Waals surface area contributed by atoms with Crippen LogP contribution >= 0.6 is 0 Å². The number of rotatable bonds is 3. The van der Waals surface area contributed by atoms with Gasteiger partial charge in [-0.1, -0.05) is 17.3 Å². The van der Waals surface area contributed by atoms with Gasteiger partial charge in [0.15, 0.2) is 5.69 Å². The third kappa shape index (κ3) is 2.34. The number of hydrogen-bond acceptors (Lipinski definition) is 6. The quantitative estimate of drug-likeness (QED) is 0.482. The fraction of sp³-hybridized carbons (Fsp3) is 0.150. The Morgan fingerprint density at radius 2 is 1.79 bits per heavy atom. The van der Waals surface area contributed by atoms with Gasteiger partial charge < -0.3 is 9.09 Å². The highest BCUT2D eigenvalue weighted by Gasteiger charge is 2.22. The first kappa shape index (κ1) is 16.4. The Labute approximate surface area is 159 Å². The zero-order chi connectivity index (χ0) is 19.3. The summed E-state index contributed by atoms with van der Waals surface area (Å²) in [6.07, 6.45) is 4.94. The minimum absolute atomic E-state index is 0.0137. The van der Waals surface area contributed by atoms with Crippen molar-refractivity contribution in [3.05, 3.63) is 65.5 Å². The molecule has 0 spiro atoms. The molecule has 0 bridgehead atoms. The molecule has 0 N–H and O–H groups in total. The zero-order valence-corrected chi connectivity index (χ0v) is 15.3. The van der Waals surface area contributed by atoms with Gasteiger partial charge in [0, 0.05) is 24.0 Å². The van der Waals surface area contributed by atoms with Crippen molar-refractivity contribution in [3.63, 3.8) is 0 Å². The van der Waals surface area contributed by atoms with Crippen LogP contribution in [0.3, 0.4) is 0 Å². The van der Waals surface area contributed by atoms with E-state index in [2.05, 4.69) is 20.1 Å². The van der Waals surface area contributed by atoms with Crippen molar-refractivity contribution in [2.45, 2.75) is 19.9 Å². The van der Waals surface area contributed by atoms with Gasteiger partial charge >= 0.3 is 0 Å². The Bertz CT molecular complexity index is 1360. The topological polar surface area (TPSA) is 91.1 Å². The lowest BCUT2D eigenvalue weighted by atomic mass is 10.2. The molecule has 5 aromatic rings. The van der Waals surface area contributed by atoms with Crippen LogP contribution < -0.4 is 5.56 Å². The van der Waals surface area contributed by atoms with E-state index in [1.807, 2.05) is 38.1 Å². The molecule has 0 saturated heterocycles. The largest absolute Gasteiger partial charge is 0.332 e. The average Bonchev–Trinajstić information content (AvgIpc) is 3.36. The molecule has 28 heavy (non-hydrogen) atoms. The van der Waals surface area contributed by atoms with Gasteiger partial charge in [-0.3, -0.25) is 14.2 Å². The number of benzene rings is 1. The van der Waals surface area contributed by atoms with Crippen molar-refractivity contribution in [2.24, 2.45) is 0 Å².